The Morgan fingerprint density at radius 1 is 1.32 bits per heavy atom. The Morgan fingerprint density at radius 2 is 2.21 bits per heavy atom. The van der Waals surface area contributed by atoms with E-state index in [1.807, 2.05) is 24.4 Å². The Hall–Kier alpha value is -1.36. The molecule has 5 heteroatoms. The second-order valence-electron chi connectivity index (χ2n) is 4.33. The zero-order valence-electron chi connectivity index (χ0n) is 10.3. The van der Waals surface area contributed by atoms with Gasteiger partial charge in [0.25, 0.3) is 0 Å². The third-order valence-electron chi connectivity index (χ3n) is 3.07. The minimum atomic E-state index is 0.678. The zero-order valence-corrected chi connectivity index (χ0v) is 11.9. The summed E-state index contributed by atoms with van der Waals surface area (Å²) >= 11 is 7.93. The quantitative estimate of drug-likeness (QED) is 0.798. The van der Waals surface area contributed by atoms with E-state index in [4.69, 9.17) is 22.3 Å². The van der Waals surface area contributed by atoms with Crippen molar-refractivity contribution in [3.8, 4) is 10.6 Å². The van der Waals surface area contributed by atoms with Crippen molar-refractivity contribution in [3.05, 3.63) is 46.6 Å². The van der Waals surface area contributed by atoms with Crippen molar-refractivity contribution < 1.29 is 0 Å². The average Bonchev–Trinajstić information content (AvgIpc) is 3.04. The molecule has 0 fully saturated rings. The topological polar surface area (TPSA) is 43.3 Å². The van der Waals surface area contributed by atoms with Gasteiger partial charge in [0.05, 0.1) is 15.6 Å². The van der Waals surface area contributed by atoms with Crippen LogP contribution in [0.5, 0.6) is 0 Å². The van der Waals surface area contributed by atoms with Crippen LogP contribution in [-0.2, 0) is 6.42 Å². The van der Waals surface area contributed by atoms with Gasteiger partial charge in [0.15, 0.2) is 5.65 Å². The second-order valence-corrected chi connectivity index (χ2v) is 5.68. The molecule has 0 aliphatic rings. The van der Waals surface area contributed by atoms with Crippen molar-refractivity contribution in [2.24, 2.45) is 5.73 Å². The first-order valence-corrected chi connectivity index (χ1v) is 7.46. The summed E-state index contributed by atoms with van der Waals surface area (Å²) in [6, 6.07) is 7.95. The SMILES string of the molecule is NCCCc1c(-c2cccs2)nc2c(Cl)cccn12. The Bertz CT molecular complexity index is 688. The van der Waals surface area contributed by atoms with Gasteiger partial charge in [0.1, 0.15) is 5.69 Å². The molecule has 0 saturated heterocycles. The number of pyridine rings is 1. The lowest BCUT2D eigenvalue weighted by Crippen LogP contribution is -2.03. The molecule has 0 aromatic carbocycles. The highest BCUT2D eigenvalue weighted by molar-refractivity contribution is 7.13. The van der Waals surface area contributed by atoms with Gasteiger partial charge in [-0.05, 0) is 43.0 Å². The van der Waals surface area contributed by atoms with Crippen LogP contribution < -0.4 is 5.73 Å². The summed E-state index contributed by atoms with van der Waals surface area (Å²) in [5.74, 6) is 0. The Morgan fingerprint density at radius 3 is 2.95 bits per heavy atom. The average molecular weight is 292 g/mol. The van der Waals surface area contributed by atoms with E-state index in [0.717, 1.165) is 24.2 Å². The molecule has 0 amide bonds. The van der Waals surface area contributed by atoms with E-state index in [-0.39, 0.29) is 0 Å². The Kier molecular flexibility index (Phi) is 3.55. The summed E-state index contributed by atoms with van der Waals surface area (Å²) < 4.78 is 2.08. The van der Waals surface area contributed by atoms with Crippen molar-refractivity contribution in [1.82, 2.24) is 9.38 Å². The van der Waals surface area contributed by atoms with E-state index in [9.17, 15) is 0 Å². The summed E-state index contributed by atoms with van der Waals surface area (Å²) in [4.78, 5) is 5.88. The van der Waals surface area contributed by atoms with Gasteiger partial charge < -0.3 is 10.1 Å². The second kappa shape index (κ2) is 5.33. The highest BCUT2D eigenvalue weighted by atomic mass is 35.5. The van der Waals surface area contributed by atoms with Crippen molar-refractivity contribution in [2.45, 2.75) is 12.8 Å². The number of halogens is 1. The third kappa shape index (κ3) is 2.27. The molecule has 19 heavy (non-hydrogen) atoms. The summed E-state index contributed by atoms with van der Waals surface area (Å²) in [7, 11) is 0. The molecule has 0 aliphatic heterocycles. The predicted molar refractivity (Wildman–Crippen MR) is 80.9 cm³/mol. The van der Waals surface area contributed by atoms with Crippen LogP contribution in [0, 0.1) is 0 Å². The number of aryl methyl sites for hydroxylation is 1. The summed E-state index contributed by atoms with van der Waals surface area (Å²) in [6.45, 7) is 0.678. The smallest absolute Gasteiger partial charge is 0.156 e. The molecule has 3 nitrogen and oxygen atoms in total. The monoisotopic (exact) mass is 291 g/mol. The molecular formula is C14H14ClN3S. The minimum Gasteiger partial charge on any atom is -0.330 e. The molecule has 0 aliphatic carbocycles. The first-order valence-electron chi connectivity index (χ1n) is 6.20. The number of imidazole rings is 1. The number of hydrogen-bond donors (Lipinski definition) is 1. The molecule has 3 rings (SSSR count). The molecule has 0 spiro atoms. The number of thiophene rings is 1. The number of nitrogens with zero attached hydrogens (tertiary/aromatic N) is 2. The standard InChI is InChI=1S/C14H14ClN3S/c15-10-4-2-8-18-11(5-1-7-16)13(17-14(10)18)12-6-3-9-19-12/h2-4,6,8-9H,1,5,7,16H2. The predicted octanol–water partition coefficient (Wildman–Crippen LogP) is 3.61. The maximum atomic E-state index is 6.23. The third-order valence-corrected chi connectivity index (χ3v) is 4.25. The summed E-state index contributed by atoms with van der Waals surface area (Å²) in [5.41, 5.74) is 8.66. The molecule has 3 heterocycles. The molecule has 0 atom stereocenters. The van der Waals surface area contributed by atoms with Gasteiger partial charge in [-0.3, -0.25) is 0 Å². The number of nitrogens with two attached hydrogens (primary N) is 1. The van der Waals surface area contributed by atoms with Crippen molar-refractivity contribution in [3.63, 3.8) is 0 Å². The molecule has 3 aromatic heterocycles. The fraction of sp³-hybridized carbons (Fsp3) is 0.214. The summed E-state index contributed by atoms with van der Waals surface area (Å²) in [5, 5.41) is 2.74. The van der Waals surface area contributed by atoms with Gasteiger partial charge >= 0.3 is 0 Å². The van der Waals surface area contributed by atoms with E-state index in [0.29, 0.717) is 11.6 Å². The minimum absolute atomic E-state index is 0.678. The van der Waals surface area contributed by atoms with Gasteiger partial charge in [-0.1, -0.05) is 17.7 Å². The highest BCUT2D eigenvalue weighted by Crippen LogP contribution is 2.31. The molecule has 0 unspecified atom stereocenters. The lowest BCUT2D eigenvalue weighted by atomic mass is 10.2. The van der Waals surface area contributed by atoms with Crippen LogP contribution in [-0.4, -0.2) is 15.9 Å². The molecule has 98 valence electrons. The number of aromatic nitrogens is 2. The van der Waals surface area contributed by atoms with E-state index in [1.165, 1.54) is 10.6 Å². The fourth-order valence-corrected chi connectivity index (χ4v) is 3.14. The lowest BCUT2D eigenvalue weighted by Gasteiger charge is -2.03. The molecule has 3 aromatic rings. The van der Waals surface area contributed by atoms with Crippen LogP contribution in [0.15, 0.2) is 35.8 Å². The molecule has 0 radical (unpaired) electrons. The number of rotatable bonds is 4. The van der Waals surface area contributed by atoms with Gasteiger partial charge in [0.2, 0.25) is 0 Å². The molecule has 0 bridgehead atoms. The van der Waals surface area contributed by atoms with Crippen molar-refractivity contribution >= 4 is 28.6 Å². The van der Waals surface area contributed by atoms with E-state index < -0.39 is 0 Å². The number of hydrogen-bond acceptors (Lipinski definition) is 3. The zero-order chi connectivity index (χ0) is 13.2. The highest BCUT2D eigenvalue weighted by Gasteiger charge is 2.15. The van der Waals surface area contributed by atoms with Gasteiger partial charge in [-0.2, -0.15) is 0 Å². The van der Waals surface area contributed by atoms with Crippen LogP contribution in [0.3, 0.4) is 0 Å². The van der Waals surface area contributed by atoms with E-state index >= 15 is 0 Å². The summed E-state index contributed by atoms with van der Waals surface area (Å²) in [6.07, 6.45) is 3.86. The molecular weight excluding hydrogens is 278 g/mol. The van der Waals surface area contributed by atoms with E-state index in [2.05, 4.69) is 15.8 Å². The lowest BCUT2D eigenvalue weighted by molar-refractivity contribution is 0.804. The van der Waals surface area contributed by atoms with Crippen LogP contribution in [0.1, 0.15) is 12.1 Å². The Labute approximate surface area is 120 Å². The van der Waals surface area contributed by atoms with Crippen LogP contribution >= 0.6 is 22.9 Å². The maximum absolute atomic E-state index is 6.23. The van der Waals surface area contributed by atoms with Gasteiger partial charge in [-0.25, -0.2) is 4.98 Å². The van der Waals surface area contributed by atoms with Crippen molar-refractivity contribution in [1.29, 1.82) is 0 Å². The number of fused-ring (bicyclic) bond motifs is 1. The first kappa shape index (κ1) is 12.7. The first-order chi connectivity index (χ1) is 9.31. The van der Waals surface area contributed by atoms with Crippen molar-refractivity contribution in [2.75, 3.05) is 6.54 Å². The van der Waals surface area contributed by atoms with Gasteiger partial charge in [0, 0.05) is 6.20 Å². The van der Waals surface area contributed by atoms with Crippen LogP contribution in [0.4, 0.5) is 0 Å². The maximum Gasteiger partial charge on any atom is 0.156 e. The van der Waals surface area contributed by atoms with E-state index in [1.54, 1.807) is 11.3 Å². The Balaban J connectivity index is 2.22. The van der Waals surface area contributed by atoms with Gasteiger partial charge in [-0.15, -0.1) is 11.3 Å². The normalized spacial score (nSPS) is 11.3. The molecule has 2 N–H and O–H groups in total. The fourth-order valence-electron chi connectivity index (χ4n) is 2.20. The van der Waals surface area contributed by atoms with Crippen LogP contribution in [0.25, 0.3) is 16.2 Å². The largest absolute Gasteiger partial charge is 0.330 e. The molecule has 0 saturated carbocycles. The van der Waals surface area contributed by atoms with Crippen LogP contribution in [0.2, 0.25) is 5.02 Å².